The molecule has 8 saturated carbocycles. The van der Waals surface area contributed by atoms with E-state index in [1.807, 2.05) is 9.80 Å². The maximum absolute atomic E-state index is 15.2. The third kappa shape index (κ3) is 11.5. The molecule has 70 heavy (non-hydrogen) atoms. The van der Waals surface area contributed by atoms with E-state index in [1.165, 1.54) is 81.3 Å². The second-order valence-corrected chi connectivity index (χ2v) is 22.2. The van der Waals surface area contributed by atoms with Gasteiger partial charge in [0.25, 0.3) is 0 Å². The average molecular weight is 983 g/mol. The van der Waals surface area contributed by atoms with E-state index in [0.29, 0.717) is 89.0 Å². The molecule has 2 aromatic carbocycles. The van der Waals surface area contributed by atoms with Gasteiger partial charge < -0.3 is 40.1 Å². The number of carbonyl (C=O) groups excluding carboxylic acids is 5. The van der Waals surface area contributed by atoms with Crippen molar-refractivity contribution in [2.24, 2.45) is 52.1 Å². The number of nitrogens with two attached hydrogens (primary N) is 1. The van der Waals surface area contributed by atoms with Gasteiger partial charge in [-0.3, -0.25) is 14.4 Å². The molecule has 2 aliphatic heterocycles. The van der Waals surface area contributed by atoms with Crippen molar-refractivity contribution >= 4 is 29.5 Å². The Balaban J connectivity index is 0.000000176. The highest BCUT2D eigenvalue weighted by atomic mass is 19.4. The van der Waals surface area contributed by atoms with Gasteiger partial charge in [0.15, 0.2) is 11.6 Å². The molecule has 0 aromatic heterocycles. The van der Waals surface area contributed by atoms with E-state index in [-0.39, 0.29) is 65.0 Å². The first-order chi connectivity index (χ1) is 33.5. The molecule has 8 aliphatic carbocycles. The number of amides is 5. The smallest absolute Gasteiger partial charge is 0.378 e. The molecule has 18 heteroatoms. The minimum Gasteiger partial charge on any atom is -0.378 e. The largest absolute Gasteiger partial charge is 0.471 e. The minimum absolute atomic E-state index is 0.0226. The predicted molar refractivity (Wildman–Crippen MR) is 247 cm³/mol. The van der Waals surface area contributed by atoms with E-state index in [2.05, 4.69) is 0 Å². The van der Waals surface area contributed by atoms with Crippen LogP contribution in [0.5, 0.6) is 0 Å². The van der Waals surface area contributed by atoms with Gasteiger partial charge in [0, 0.05) is 61.5 Å². The summed E-state index contributed by atoms with van der Waals surface area (Å²) in [6.07, 6.45) is 9.59. The fourth-order valence-electron chi connectivity index (χ4n) is 14.7. The normalized spacial score (nSPS) is 29.6. The standard InChI is InChI=1S/C27H33F4N3O4.C25H34FN3O3/c28-22-10-20(23(35)14-32-24(36)27(29,30)31)1-2-21(22)15-34(25(37)33-3-5-38-6-4-33)16-26-11-17-7-18(12-26)9-19(8-17)13-26;26-22-10-20(23(30)14-27)1-2-21(22)15-29(24(31)28-3-5-32-6-4-28)16-25-11-17-7-18(12-25)9-19(8-17)13-25/h1-2,10,17-19H,3-9,11-16H2,(H,32,36);1-2,10,17-19H,3-9,11-16,27H2. The number of Topliss-reactive ketones (excluding diaryl/α,β-unsaturated/α-hetero) is 2. The Kier molecular flexibility index (Phi) is 14.9. The molecule has 12 rings (SSSR count). The lowest BCUT2D eigenvalue weighted by Gasteiger charge is -2.58. The van der Waals surface area contributed by atoms with Crippen LogP contribution in [0.3, 0.4) is 0 Å². The Morgan fingerprint density at radius 1 is 0.600 bits per heavy atom. The first-order valence-electron chi connectivity index (χ1n) is 25.4. The molecule has 8 bridgehead atoms. The summed E-state index contributed by atoms with van der Waals surface area (Å²) in [5.41, 5.74) is 6.44. The topological polar surface area (TPSA) is 155 Å². The van der Waals surface area contributed by atoms with Gasteiger partial charge in [-0.1, -0.05) is 24.3 Å². The Labute approximate surface area is 406 Å². The van der Waals surface area contributed by atoms with Crippen LogP contribution in [-0.4, -0.2) is 134 Å². The molecule has 10 aliphatic rings. The van der Waals surface area contributed by atoms with Crippen molar-refractivity contribution in [2.75, 3.05) is 78.8 Å². The van der Waals surface area contributed by atoms with E-state index in [9.17, 15) is 41.5 Å². The number of nitrogens with one attached hydrogen (secondary N) is 1. The molecule has 2 heterocycles. The number of hydrogen-bond donors (Lipinski definition) is 2. The van der Waals surface area contributed by atoms with Crippen LogP contribution in [0, 0.1) is 58.0 Å². The fraction of sp³-hybridized carbons (Fsp3) is 0.673. The number of nitrogens with zero attached hydrogens (tertiary/aromatic N) is 4. The van der Waals surface area contributed by atoms with Crippen LogP contribution in [0.1, 0.15) is 109 Å². The number of benzene rings is 2. The Morgan fingerprint density at radius 3 is 1.29 bits per heavy atom. The molecule has 5 amide bonds. The lowest BCUT2D eigenvalue weighted by atomic mass is 9.49. The quantitative estimate of drug-likeness (QED) is 0.154. The van der Waals surface area contributed by atoms with Gasteiger partial charge >= 0.3 is 24.1 Å². The number of alkyl halides is 3. The molecular formula is C52H67F5N6O7. The molecule has 13 nitrogen and oxygen atoms in total. The zero-order valence-electron chi connectivity index (χ0n) is 39.9. The summed E-state index contributed by atoms with van der Waals surface area (Å²) < 4.78 is 78.1. The molecule has 2 aromatic rings. The molecule has 2 saturated heterocycles. The summed E-state index contributed by atoms with van der Waals surface area (Å²) in [5.74, 6) is -0.0695. The Morgan fingerprint density at radius 2 is 0.957 bits per heavy atom. The van der Waals surface area contributed by atoms with Crippen molar-refractivity contribution in [1.82, 2.24) is 24.9 Å². The van der Waals surface area contributed by atoms with E-state index in [4.69, 9.17) is 15.2 Å². The van der Waals surface area contributed by atoms with E-state index in [0.717, 1.165) is 43.1 Å². The van der Waals surface area contributed by atoms with Crippen LogP contribution < -0.4 is 11.1 Å². The summed E-state index contributed by atoms with van der Waals surface area (Å²) in [5, 5.41) is 1.51. The molecule has 10 fully saturated rings. The lowest BCUT2D eigenvalue weighted by molar-refractivity contribution is -0.173. The monoisotopic (exact) mass is 982 g/mol. The van der Waals surface area contributed by atoms with E-state index < -0.39 is 36.0 Å². The highest BCUT2D eigenvalue weighted by Gasteiger charge is 2.53. The minimum atomic E-state index is -5.11. The average Bonchev–Trinajstić information content (AvgIpc) is 3.32. The number of morpholine rings is 2. The van der Waals surface area contributed by atoms with Crippen LogP contribution in [0.25, 0.3) is 0 Å². The Hall–Kier alpha value is -4.68. The second kappa shape index (κ2) is 20.8. The predicted octanol–water partition coefficient (Wildman–Crippen LogP) is 7.60. The summed E-state index contributed by atoms with van der Waals surface area (Å²) >= 11 is 0. The summed E-state index contributed by atoms with van der Waals surface area (Å²) in [7, 11) is 0. The summed E-state index contributed by atoms with van der Waals surface area (Å²) in [4.78, 5) is 69.5. The number of rotatable bonds is 13. The van der Waals surface area contributed by atoms with Gasteiger partial charge in [0.05, 0.1) is 52.6 Å². The lowest BCUT2D eigenvalue weighted by Crippen LogP contribution is -2.55. The van der Waals surface area contributed by atoms with Crippen molar-refractivity contribution in [3.8, 4) is 0 Å². The van der Waals surface area contributed by atoms with Crippen LogP contribution in [0.4, 0.5) is 31.5 Å². The van der Waals surface area contributed by atoms with Crippen molar-refractivity contribution in [2.45, 2.75) is 96.3 Å². The highest BCUT2D eigenvalue weighted by molar-refractivity contribution is 6.00. The van der Waals surface area contributed by atoms with Gasteiger partial charge in [-0.15, -0.1) is 0 Å². The van der Waals surface area contributed by atoms with Gasteiger partial charge in [-0.05, 0) is 136 Å². The van der Waals surface area contributed by atoms with Crippen molar-refractivity contribution in [1.29, 1.82) is 0 Å². The van der Waals surface area contributed by atoms with Crippen molar-refractivity contribution in [3.05, 3.63) is 70.3 Å². The summed E-state index contributed by atoms with van der Waals surface area (Å²) in [6.45, 7) is 4.52. The Bertz CT molecular complexity index is 2210. The molecule has 382 valence electrons. The van der Waals surface area contributed by atoms with Crippen LogP contribution in [0.15, 0.2) is 36.4 Å². The van der Waals surface area contributed by atoms with Crippen LogP contribution in [-0.2, 0) is 27.4 Å². The van der Waals surface area contributed by atoms with Gasteiger partial charge in [0.2, 0.25) is 0 Å². The first kappa shape index (κ1) is 50.3. The number of urea groups is 2. The maximum atomic E-state index is 15.2. The van der Waals surface area contributed by atoms with Gasteiger partial charge in [-0.2, -0.15) is 13.2 Å². The zero-order chi connectivity index (χ0) is 49.4. The van der Waals surface area contributed by atoms with Crippen molar-refractivity contribution < 1.29 is 55.4 Å². The molecule has 3 N–H and O–H groups in total. The third-order valence-corrected chi connectivity index (χ3v) is 16.8. The molecular weight excluding hydrogens is 916 g/mol. The number of carbonyl (C=O) groups is 5. The number of halogens is 5. The number of hydrogen-bond acceptors (Lipinski definition) is 8. The first-order valence-corrected chi connectivity index (χ1v) is 25.4. The maximum Gasteiger partial charge on any atom is 0.471 e. The SMILES string of the molecule is NCC(=O)c1ccc(CN(CC23CC4CC(CC(C4)C2)C3)C(=O)N2CCOCC2)c(F)c1.O=C(CNC(=O)C(F)(F)F)c1ccc(CN(CC23CC4CC(CC(C4)C2)C3)C(=O)N2CCOCC2)c(F)c1. The number of ketones is 2. The van der Waals surface area contributed by atoms with E-state index >= 15 is 4.39 Å². The fourth-order valence-corrected chi connectivity index (χ4v) is 14.7. The molecule has 0 spiro atoms. The molecule has 0 atom stereocenters. The second-order valence-electron chi connectivity index (χ2n) is 22.2. The van der Waals surface area contributed by atoms with Gasteiger partial charge in [0.1, 0.15) is 11.6 Å². The van der Waals surface area contributed by atoms with Crippen molar-refractivity contribution in [3.63, 3.8) is 0 Å². The zero-order valence-corrected chi connectivity index (χ0v) is 39.9. The third-order valence-electron chi connectivity index (χ3n) is 16.8. The van der Waals surface area contributed by atoms with E-state index in [1.54, 1.807) is 21.9 Å². The highest BCUT2D eigenvalue weighted by Crippen LogP contribution is 2.61. The van der Waals surface area contributed by atoms with Crippen LogP contribution >= 0.6 is 0 Å². The summed E-state index contributed by atoms with van der Waals surface area (Å²) in [6, 6.07) is 8.01. The number of ether oxygens (including phenoxy) is 2. The molecule has 0 radical (unpaired) electrons. The molecule has 0 unspecified atom stereocenters. The van der Waals surface area contributed by atoms with Crippen LogP contribution in [0.2, 0.25) is 0 Å². The van der Waals surface area contributed by atoms with Gasteiger partial charge in [-0.25, -0.2) is 18.4 Å².